The van der Waals surface area contributed by atoms with Gasteiger partial charge in [-0.25, -0.2) is 9.97 Å². The maximum absolute atomic E-state index is 12.7. The van der Waals surface area contributed by atoms with Crippen LogP contribution >= 0.6 is 11.6 Å². The number of halogens is 1. The van der Waals surface area contributed by atoms with Gasteiger partial charge in [0.2, 0.25) is 11.9 Å². The van der Waals surface area contributed by atoms with Crippen molar-refractivity contribution in [2.45, 2.75) is 26.7 Å². The fourth-order valence-corrected chi connectivity index (χ4v) is 3.47. The van der Waals surface area contributed by atoms with Gasteiger partial charge in [0.25, 0.3) is 0 Å². The normalized spacial score (nSPS) is 17.1. The zero-order valence-corrected chi connectivity index (χ0v) is 16.0. The number of carbonyl (C=O) groups is 1. The second kappa shape index (κ2) is 7.91. The molecule has 26 heavy (non-hydrogen) atoms. The fraction of sp³-hybridized carbons (Fsp3) is 0.421. The van der Waals surface area contributed by atoms with Gasteiger partial charge in [0.05, 0.1) is 18.1 Å². The molecule has 0 bridgehead atoms. The summed E-state index contributed by atoms with van der Waals surface area (Å²) in [5.74, 6) is 1.15. The van der Waals surface area contributed by atoms with Crippen LogP contribution in [0.2, 0.25) is 5.02 Å². The molecule has 1 amide bonds. The molecule has 138 valence electrons. The van der Waals surface area contributed by atoms with E-state index < -0.39 is 0 Å². The van der Waals surface area contributed by atoms with E-state index in [4.69, 9.17) is 16.3 Å². The zero-order valence-electron chi connectivity index (χ0n) is 15.3. The summed E-state index contributed by atoms with van der Waals surface area (Å²) in [6.07, 6.45) is 1.77. The third-order valence-corrected chi connectivity index (χ3v) is 4.76. The summed E-state index contributed by atoms with van der Waals surface area (Å²) >= 11 is 6.13. The van der Waals surface area contributed by atoms with Gasteiger partial charge in [-0.3, -0.25) is 4.79 Å². The molecule has 0 unspecified atom stereocenters. The van der Waals surface area contributed by atoms with Gasteiger partial charge >= 0.3 is 0 Å². The fourth-order valence-electron chi connectivity index (χ4n) is 3.21. The molecule has 2 heterocycles. The molecule has 1 saturated heterocycles. The van der Waals surface area contributed by atoms with Gasteiger partial charge in [-0.05, 0) is 51.0 Å². The van der Waals surface area contributed by atoms with E-state index in [1.807, 2.05) is 19.9 Å². The molecule has 0 radical (unpaired) electrons. The van der Waals surface area contributed by atoms with Gasteiger partial charge in [-0.2, -0.15) is 0 Å². The Morgan fingerprint density at radius 1 is 1.27 bits per heavy atom. The highest BCUT2D eigenvalue weighted by atomic mass is 35.5. The monoisotopic (exact) mass is 374 g/mol. The Bertz CT molecular complexity index is 792. The second-order valence-corrected chi connectivity index (χ2v) is 6.98. The molecule has 0 saturated carbocycles. The minimum atomic E-state index is -0.117. The van der Waals surface area contributed by atoms with Crippen LogP contribution in [0.1, 0.15) is 24.2 Å². The number of ether oxygens (including phenoxy) is 1. The molecule has 1 N–H and O–H groups in total. The zero-order chi connectivity index (χ0) is 18.7. The first-order valence-electron chi connectivity index (χ1n) is 8.68. The summed E-state index contributed by atoms with van der Waals surface area (Å²) in [5.41, 5.74) is 2.54. The second-order valence-electron chi connectivity index (χ2n) is 6.57. The molecular formula is C19H23ClN4O2. The maximum atomic E-state index is 12.7. The molecule has 1 fully saturated rings. The summed E-state index contributed by atoms with van der Waals surface area (Å²) in [5, 5.41) is 3.42. The number of piperidine rings is 1. The van der Waals surface area contributed by atoms with E-state index in [1.165, 1.54) is 0 Å². The van der Waals surface area contributed by atoms with Crippen molar-refractivity contribution in [1.29, 1.82) is 0 Å². The topological polar surface area (TPSA) is 67.3 Å². The van der Waals surface area contributed by atoms with Gasteiger partial charge in [0.15, 0.2) is 0 Å². The van der Waals surface area contributed by atoms with Crippen molar-refractivity contribution >= 4 is 29.1 Å². The highest BCUT2D eigenvalue weighted by molar-refractivity contribution is 6.32. The van der Waals surface area contributed by atoms with Crippen molar-refractivity contribution < 1.29 is 9.53 Å². The number of rotatable bonds is 4. The lowest BCUT2D eigenvalue weighted by Gasteiger charge is -2.32. The number of methoxy groups -OCH3 is 1. The van der Waals surface area contributed by atoms with E-state index >= 15 is 0 Å². The van der Waals surface area contributed by atoms with Gasteiger partial charge in [-0.1, -0.05) is 11.6 Å². The Labute approximate surface area is 158 Å². The Hall–Kier alpha value is -2.34. The van der Waals surface area contributed by atoms with Crippen molar-refractivity contribution in [1.82, 2.24) is 9.97 Å². The number of nitrogens with zero attached hydrogens (tertiary/aromatic N) is 3. The molecule has 1 aromatic heterocycles. The standard InChI is InChI=1S/C19H23ClN4O2/c1-12-9-13(2)22-19(21-12)24-8-4-5-14(11-24)18(25)23-15-6-7-17(26-3)16(20)10-15/h6-7,9-10,14H,4-5,8,11H2,1-3H3,(H,23,25)/t14-/m1/s1. The summed E-state index contributed by atoms with van der Waals surface area (Å²) in [6, 6.07) is 7.18. The predicted molar refractivity (Wildman–Crippen MR) is 103 cm³/mol. The number of carbonyl (C=O) groups excluding carboxylic acids is 1. The van der Waals surface area contributed by atoms with E-state index in [-0.39, 0.29) is 11.8 Å². The molecule has 3 rings (SSSR count). The van der Waals surface area contributed by atoms with Crippen molar-refractivity contribution in [3.8, 4) is 5.75 Å². The molecule has 2 aromatic rings. The van der Waals surface area contributed by atoms with Crippen LogP contribution in [0.5, 0.6) is 5.75 Å². The number of nitrogens with one attached hydrogen (secondary N) is 1. The third-order valence-electron chi connectivity index (χ3n) is 4.46. The Morgan fingerprint density at radius 2 is 2.00 bits per heavy atom. The molecule has 1 aliphatic rings. The molecule has 6 nitrogen and oxygen atoms in total. The number of aryl methyl sites for hydroxylation is 2. The van der Waals surface area contributed by atoms with Crippen molar-refractivity contribution in [2.75, 3.05) is 30.4 Å². The minimum Gasteiger partial charge on any atom is -0.495 e. The first-order valence-corrected chi connectivity index (χ1v) is 9.05. The number of hydrogen-bond acceptors (Lipinski definition) is 5. The largest absolute Gasteiger partial charge is 0.495 e. The molecule has 0 aliphatic carbocycles. The lowest BCUT2D eigenvalue weighted by atomic mass is 9.97. The molecule has 0 spiro atoms. The number of anilines is 2. The first kappa shape index (κ1) is 18.5. The summed E-state index contributed by atoms with van der Waals surface area (Å²) in [6.45, 7) is 5.39. The van der Waals surface area contributed by atoms with E-state index in [2.05, 4.69) is 20.2 Å². The third kappa shape index (κ3) is 4.25. The number of aromatic nitrogens is 2. The lowest BCUT2D eigenvalue weighted by Crippen LogP contribution is -2.41. The summed E-state index contributed by atoms with van der Waals surface area (Å²) in [4.78, 5) is 23.8. The highest BCUT2D eigenvalue weighted by Gasteiger charge is 2.27. The average Bonchev–Trinajstić information content (AvgIpc) is 2.61. The quantitative estimate of drug-likeness (QED) is 0.885. The van der Waals surface area contributed by atoms with Crippen molar-refractivity contribution in [2.24, 2.45) is 5.92 Å². The molecule has 1 aromatic carbocycles. The first-order chi connectivity index (χ1) is 12.5. The maximum Gasteiger partial charge on any atom is 0.229 e. The highest BCUT2D eigenvalue weighted by Crippen LogP contribution is 2.28. The van der Waals surface area contributed by atoms with Crippen LogP contribution in [-0.2, 0) is 4.79 Å². The van der Waals surface area contributed by atoms with Gasteiger partial charge < -0.3 is 15.0 Å². The SMILES string of the molecule is COc1ccc(NC(=O)[C@@H]2CCCN(c3nc(C)cc(C)n3)C2)cc1Cl. The number of hydrogen-bond donors (Lipinski definition) is 1. The van der Waals surface area contributed by atoms with Crippen LogP contribution in [0, 0.1) is 19.8 Å². The minimum absolute atomic E-state index is 0.0136. The number of benzene rings is 1. The van der Waals surface area contributed by atoms with Crippen LogP contribution in [-0.4, -0.2) is 36.1 Å². The summed E-state index contributed by atoms with van der Waals surface area (Å²) < 4.78 is 5.14. The Kier molecular flexibility index (Phi) is 5.61. The van der Waals surface area contributed by atoms with E-state index in [9.17, 15) is 4.79 Å². The van der Waals surface area contributed by atoms with Gasteiger partial charge in [0, 0.05) is 30.2 Å². The van der Waals surface area contributed by atoms with Crippen LogP contribution < -0.4 is 15.0 Å². The molecule has 1 aliphatic heterocycles. The average molecular weight is 375 g/mol. The number of amides is 1. The summed E-state index contributed by atoms with van der Waals surface area (Å²) in [7, 11) is 1.56. The Morgan fingerprint density at radius 3 is 2.65 bits per heavy atom. The van der Waals surface area contributed by atoms with Crippen molar-refractivity contribution in [3.05, 3.63) is 40.7 Å². The van der Waals surface area contributed by atoms with E-state index in [1.54, 1.807) is 25.3 Å². The smallest absolute Gasteiger partial charge is 0.229 e. The lowest BCUT2D eigenvalue weighted by molar-refractivity contribution is -0.120. The van der Waals surface area contributed by atoms with Crippen LogP contribution in [0.15, 0.2) is 24.3 Å². The van der Waals surface area contributed by atoms with Gasteiger partial charge in [0.1, 0.15) is 5.75 Å². The van der Waals surface area contributed by atoms with Crippen molar-refractivity contribution in [3.63, 3.8) is 0 Å². The van der Waals surface area contributed by atoms with Gasteiger partial charge in [-0.15, -0.1) is 0 Å². The van der Waals surface area contributed by atoms with Crippen LogP contribution in [0.25, 0.3) is 0 Å². The Balaban J connectivity index is 1.69. The van der Waals surface area contributed by atoms with Crippen LogP contribution in [0.3, 0.4) is 0 Å². The molecule has 7 heteroatoms. The molecule has 1 atom stereocenters. The predicted octanol–water partition coefficient (Wildman–Crippen LogP) is 3.61. The van der Waals surface area contributed by atoms with E-state index in [0.717, 1.165) is 30.8 Å². The molecular weight excluding hydrogens is 352 g/mol. The van der Waals surface area contributed by atoms with Crippen LogP contribution in [0.4, 0.5) is 11.6 Å². The van der Waals surface area contributed by atoms with E-state index in [0.29, 0.717) is 29.0 Å².